The molecule has 0 amide bonds. The number of likely N-dealkylation sites (N-methyl/N-ethyl adjacent to an activating group) is 1. The maximum absolute atomic E-state index is 5.15. The molecule has 86 valence electrons. The molecule has 0 saturated carbocycles. The van der Waals surface area contributed by atoms with Crippen LogP contribution in [0.3, 0.4) is 0 Å². The molecule has 1 unspecified atom stereocenters. The number of hydrogen-bond donors (Lipinski definition) is 1. The van der Waals surface area contributed by atoms with Gasteiger partial charge in [-0.2, -0.15) is 0 Å². The molecule has 1 rings (SSSR count). The van der Waals surface area contributed by atoms with E-state index in [0.717, 1.165) is 31.8 Å². The number of imidazole rings is 1. The first-order chi connectivity index (χ1) is 7.31. The van der Waals surface area contributed by atoms with Crippen molar-refractivity contribution in [2.45, 2.75) is 32.4 Å². The van der Waals surface area contributed by atoms with Crippen molar-refractivity contribution in [1.82, 2.24) is 14.9 Å². The first kappa shape index (κ1) is 12.2. The summed E-state index contributed by atoms with van der Waals surface area (Å²) in [4.78, 5) is 4.35. The highest BCUT2D eigenvalue weighted by atomic mass is 16.5. The minimum absolute atomic E-state index is 0.347. The van der Waals surface area contributed by atoms with Gasteiger partial charge in [0.25, 0.3) is 0 Å². The van der Waals surface area contributed by atoms with Gasteiger partial charge in [-0.25, -0.2) is 4.98 Å². The van der Waals surface area contributed by atoms with Crippen LogP contribution in [-0.4, -0.2) is 36.4 Å². The third-order valence-corrected chi connectivity index (χ3v) is 2.47. The lowest BCUT2D eigenvalue weighted by molar-refractivity contribution is 0.162. The molecule has 1 aromatic heterocycles. The average molecular weight is 211 g/mol. The van der Waals surface area contributed by atoms with Gasteiger partial charge < -0.3 is 14.6 Å². The molecule has 0 spiro atoms. The van der Waals surface area contributed by atoms with Crippen molar-refractivity contribution < 1.29 is 4.74 Å². The lowest BCUT2D eigenvalue weighted by Crippen LogP contribution is -2.34. The molecule has 4 heteroatoms. The van der Waals surface area contributed by atoms with Gasteiger partial charge in [-0.15, -0.1) is 0 Å². The number of nitrogens with zero attached hydrogens (tertiary/aromatic N) is 2. The van der Waals surface area contributed by atoms with Gasteiger partial charge >= 0.3 is 0 Å². The number of methoxy groups -OCH3 is 1. The summed E-state index contributed by atoms with van der Waals surface area (Å²) in [5, 5.41) is 3.24. The van der Waals surface area contributed by atoms with Crippen LogP contribution in [0.1, 0.15) is 19.2 Å². The van der Waals surface area contributed by atoms with E-state index in [0.29, 0.717) is 6.04 Å². The summed E-state index contributed by atoms with van der Waals surface area (Å²) in [5.41, 5.74) is 0. The molecule has 0 aliphatic rings. The van der Waals surface area contributed by atoms with Gasteiger partial charge in [0.15, 0.2) is 0 Å². The van der Waals surface area contributed by atoms with Gasteiger partial charge in [-0.3, -0.25) is 0 Å². The van der Waals surface area contributed by atoms with E-state index < -0.39 is 0 Å². The molecule has 0 bridgehead atoms. The Hall–Kier alpha value is -0.870. The fourth-order valence-electron chi connectivity index (χ4n) is 1.62. The highest BCUT2D eigenvalue weighted by Crippen LogP contribution is 2.03. The van der Waals surface area contributed by atoms with Crippen molar-refractivity contribution in [2.24, 2.45) is 0 Å². The van der Waals surface area contributed by atoms with Crippen molar-refractivity contribution >= 4 is 0 Å². The predicted molar refractivity (Wildman–Crippen MR) is 60.9 cm³/mol. The number of aromatic nitrogens is 2. The first-order valence-corrected chi connectivity index (χ1v) is 5.48. The minimum Gasteiger partial charge on any atom is -0.383 e. The van der Waals surface area contributed by atoms with Crippen molar-refractivity contribution in [3.8, 4) is 0 Å². The molecule has 1 aromatic rings. The van der Waals surface area contributed by atoms with Crippen LogP contribution in [0.4, 0.5) is 0 Å². The maximum atomic E-state index is 5.15. The lowest BCUT2D eigenvalue weighted by atomic mass is 10.3. The van der Waals surface area contributed by atoms with Crippen LogP contribution >= 0.6 is 0 Å². The lowest BCUT2D eigenvalue weighted by Gasteiger charge is -2.17. The van der Waals surface area contributed by atoms with Crippen LogP contribution < -0.4 is 5.32 Å². The Balaban J connectivity index is 2.57. The summed E-state index contributed by atoms with van der Waals surface area (Å²) in [5.74, 6) is 1.16. The average Bonchev–Trinajstić information content (AvgIpc) is 2.66. The third-order valence-electron chi connectivity index (χ3n) is 2.47. The number of ether oxygens (including phenoxy) is 1. The number of rotatable bonds is 7. The van der Waals surface area contributed by atoms with Crippen LogP contribution in [0.25, 0.3) is 0 Å². The Bertz CT molecular complexity index is 273. The molecular formula is C11H21N3O. The van der Waals surface area contributed by atoms with Gasteiger partial charge in [0, 0.05) is 38.5 Å². The SMILES string of the molecule is CCCc1nccn1CC(COC)NC. The highest BCUT2D eigenvalue weighted by Gasteiger charge is 2.08. The van der Waals surface area contributed by atoms with Crippen LogP contribution in [0.5, 0.6) is 0 Å². The van der Waals surface area contributed by atoms with Crippen molar-refractivity contribution in [3.05, 3.63) is 18.2 Å². The molecule has 0 aliphatic carbocycles. The van der Waals surface area contributed by atoms with E-state index in [-0.39, 0.29) is 0 Å². The first-order valence-electron chi connectivity index (χ1n) is 5.48. The van der Waals surface area contributed by atoms with E-state index >= 15 is 0 Å². The third kappa shape index (κ3) is 3.64. The summed E-state index contributed by atoms with van der Waals surface area (Å²) in [7, 11) is 3.69. The van der Waals surface area contributed by atoms with Crippen LogP contribution in [0.2, 0.25) is 0 Å². The maximum Gasteiger partial charge on any atom is 0.108 e. The van der Waals surface area contributed by atoms with Gasteiger partial charge in [0.2, 0.25) is 0 Å². The van der Waals surface area contributed by atoms with Gasteiger partial charge in [0.1, 0.15) is 5.82 Å². The largest absolute Gasteiger partial charge is 0.383 e. The van der Waals surface area contributed by atoms with Gasteiger partial charge in [0.05, 0.1) is 6.61 Å². The fourth-order valence-corrected chi connectivity index (χ4v) is 1.62. The quantitative estimate of drug-likeness (QED) is 0.733. The molecule has 4 nitrogen and oxygen atoms in total. The van der Waals surface area contributed by atoms with Gasteiger partial charge in [-0.1, -0.05) is 6.92 Å². The van der Waals surface area contributed by atoms with Crippen molar-refractivity contribution in [2.75, 3.05) is 20.8 Å². The van der Waals surface area contributed by atoms with E-state index in [2.05, 4.69) is 21.8 Å². The molecule has 1 heterocycles. The van der Waals surface area contributed by atoms with E-state index in [9.17, 15) is 0 Å². The second kappa shape index (κ2) is 6.58. The smallest absolute Gasteiger partial charge is 0.108 e. The molecule has 0 saturated heterocycles. The van der Waals surface area contributed by atoms with E-state index in [4.69, 9.17) is 4.74 Å². The molecular weight excluding hydrogens is 190 g/mol. The van der Waals surface area contributed by atoms with E-state index in [1.54, 1.807) is 7.11 Å². The zero-order valence-electron chi connectivity index (χ0n) is 9.86. The fraction of sp³-hybridized carbons (Fsp3) is 0.727. The number of hydrogen-bond acceptors (Lipinski definition) is 3. The van der Waals surface area contributed by atoms with Crippen LogP contribution in [-0.2, 0) is 17.7 Å². The Morgan fingerprint density at radius 1 is 1.60 bits per heavy atom. The van der Waals surface area contributed by atoms with Crippen molar-refractivity contribution in [3.63, 3.8) is 0 Å². The summed E-state index contributed by atoms with van der Waals surface area (Å²) in [6.07, 6.45) is 6.07. The summed E-state index contributed by atoms with van der Waals surface area (Å²) < 4.78 is 7.35. The zero-order valence-corrected chi connectivity index (χ0v) is 9.86. The Labute approximate surface area is 91.7 Å². The monoisotopic (exact) mass is 211 g/mol. The summed E-state index contributed by atoms with van der Waals surface area (Å²) in [6, 6.07) is 0.347. The number of nitrogens with one attached hydrogen (secondary N) is 1. The standard InChI is InChI=1S/C11H21N3O/c1-4-5-11-13-6-7-14(11)8-10(12-2)9-15-3/h6-7,10,12H,4-5,8-9H2,1-3H3. The molecule has 0 fully saturated rings. The van der Waals surface area contributed by atoms with Gasteiger partial charge in [-0.05, 0) is 13.5 Å². The van der Waals surface area contributed by atoms with E-state index in [1.165, 1.54) is 0 Å². The second-order valence-electron chi connectivity index (χ2n) is 3.69. The molecule has 1 atom stereocenters. The highest BCUT2D eigenvalue weighted by molar-refractivity contribution is 4.93. The Morgan fingerprint density at radius 2 is 2.40 bits per heavy atom. The second-order valence-corrected chi connectivity index (χ2v) is 3.69. The molecule has 0 aromatic carbocycles. The molecule has 1 N–H and O–H groups in total. The van der Waals surface area contributed by atoms with Crippen molar-refractivity contribution in [1.29, 1.82) is 0 Å². The summed E-state index contributed by atoms with van der Waals surface area (Å²) in [6.45, 7) is 3.81. The van der Waals surface area contributed by atoms with E-state index in [1.807, 2.05) is 19.4 Å². The van der Waals surface area contributed by atoms with Crippen LogP contribution in [0, 0.1) is 0 Å². The molecule has 0 radical (unpaired) electrons. The van der Waals surface area contributed by atoms with Crippen LogP contribution in [0.15, 0.2) is 12.4 Å². The number of aryl methyl sites for hydroxylation is 1. The molecule has 15 heavy (non-hydrogen) atoms. The molecule has 0 aliphatic heterocycles. The Kier molecular flexibility index (Phi) is 5.36. The zero-order chi connectivity index (χ0) is 11.1. The minimum atomic E-state index is 0.347. The summed E-state index contributed by atoms with van der Waals surface area (Å²) >= 11 is 0. The normalized spacial score (nSPS) is 13.0. The predicted octanol–water partition coefficient (Wildman–Crippen LogP) is 1.07. The Morgan fingerprint density at radius 3 is 3.00 bits per heavy atom. The topological polar surface area (TPSA) is 39.1 Å².